The fourth-order valence-corrected chi connectivity index (χ4v) is 0.996. The number of rotatable bonds is 4. The van der Waals surface area contributed by atoms with Gasteiger partial charge in [-0.15, -0.1) is 0 Å². The van der Waals surface area contributed by atoms with Crippen LogP contribution in [0.2, 0.25) is 0 Å². The average molecular weight is 240 g/mol. The molecule has 0 radical (unpaired) electrons. The van der Waals surface area contributed by atoms with E-state index in [1.807, 2.05) is 0 Å². The van der Waals surface area contributed by atoms with Crippen molar-refractivity contribution in [2.45, 2.75) is 6.92 Å². The maximum atomic E-state index is 11.4. The zero-order chi connectivity index (χ0) is 12.8. The topological polar surface area (TPSA) is 90.7 Å². The molecule has 0 spiro atoms. The van der Waals surface area contributed by atoms with Crippen molar-refractivity contribution < 1.29 is 23.6 Å². The van der Waals surface area contributed by atoms with Crippen LogP contribution in [0, 0.1) is 6.92 Å². The minimum Gasteiger partial charge on any atom is -0.466 e. The first-order valence-electron chi connectivity index (χ1n) is 4.65. The van der Waals surface area contributed by atoms with Gasteiger partial charge < -0.3 is 19.3 Å². The van der Waals surface area contributed by atoms with Gasteiger partial charge in [0.2, 0.25) is 0 Å². The Kier molecular flexibility index (Phi) is 4.27. The molecular weight excluding hydrogens is 228 g/mol. The molecule has 0 fully saturated rings. The third-order valence-corrected chi connectivity index (χ3v) is 1.76. The number of aromatic nitrogens is 1. The summed E-state index contributed by atoms with van der Waals surface area (Å²) in [4.78, 5) is 22.4. The van der Waals surface area contributed by atoms with Crippen LogP contribution in [0.3, 0.4) is 0 Å². The van der Waals surface area contributed by atoms with E-state index < -0.39 is 11.9 Å². The highest BCUT2D eigenvalue weighted by atomic mass is 16.5. The second-order valence-electron chi connectivity index (χ2n) is 3.02. The number of carbonyl (C=O) groups excluding carboxylic acids is 2. The van der Waals surface area contributed by atoms with Gasteiger partial charge in [0.25, 0.3) is 0 Å². The molecule has 92 valence electrons. The zero-order valence-corrected chi connectivity index (χ0v) is 9.64. The molecule has 0 unspecified atom stereocenters. The Bertz CT molecular complexity index is 449. The van der Waals surface area contributed by atoms with Gasteiger partial charge in [-0.2, -0.15) is 0 Å². The van der Waals surface area contributed by atoms with Crippen LogP contribution in [0.15, 0.2) is 22.4 Å². The summed E-state index contributed by atoms with van der Waals surface area (Å²) in [7, 11) is 2.40. The number of esters is 2. The molecule has 0 aliphatic rings. The summed E-state index contributed by atoms with van der Waals surface area (Å²) in [6.07, 6.45) is 0.968. The standard InChI is InChI=1S/C10H12N2O5/c1-6-4-8(12-17-6)11-7(10(14)16-3)5-9(13)15-2/h4-5H,1-3H3,(H,11,12)/b7-5-. The maximum absolute atomic E-state index is 11.4. The minimum absolute atomic E-state index is 0.0901. The van der Waals surface area contributed by atoms with Crippen molar-refractivity contribution in [3.63, 3.8) is 0 Å². The number of nitrogens with zero attached hydrogens (tertiary/aromatic N) is 1. The highest BCUT2D eigenvalue weighted by Crippen LogP contribution is 2.11. The summed E-state index contributed by atoms with van der Waals surface area (Å²) in [6.45, 7) is 1.69. The molecule has 1 heterocycles. The molecule has 0 bridgehead atoms. The van der Waals surface area contributed by atoms with Gasteiger partial charge in [0.05, 0.1) is 20.3 Å². The summed E-state index contributed by atoms with van der Waals surface area (Å²) < 4.78 is 13.7. The van der Waals surface area contributed by atoms with E-state index in [0.717, 1.165) is 6.08 Å². The van der Waals surface area contributed by atoms with Gasteiger partial charge in [-0.05, 0) is 6.92 Å². The van der Waals surface area contributed by atoms with Crippen LogP contribution >= 0.6 is 0 Å². The number of methoxy groups -OCH3 is 2. The third-order valence-electron chi connectivity index (χ3n) is 1.76. The molecule has 1 N–H and O–H groups in total. The second kappa shape index (κ2) is 5.69. The molecule has 7 nitrogen and oxygen atoms in total. The van der Waals surface area contributed by atoms with Crippen molar-refractivity contribution in [1.82, 2.24) is 5.16 Å². The Labute approximate surface area is 97.4 Å². The third kappa shape index (κ3) is 3.63. The summed E-state index contributed by atoms with van der Waals surface area (Å²) in [5, 5.41) is 6.22. The molecule has 0 aliphatic heterocycles. The molecule has 1 rings (SSSR count). The minimum atomic E-state index is -0.712. The second-order valence-corrected chi connectivity index (χ2v) is 3.02. The summed E-state index contributed by atoms with van der Waals surface area (Å²) in [6, 6.07) is 1.56. The molecule has 17 heavy (non-hydrogen) atoms. The lowest BCUT2D eigenvalue weighted by molar-refractivity contribution is -0.138. The van der Waals surface area contributed by atoms with E-state index in [0.29, 0.717) is 11.6 Å². The van der Waals surface area contributed by atoms with Gasteiger partial charge in [-0.1, -0.05) is 5.16 Å². The summed E-state index contributed by atoms with van der Waals surface area (Å²) >= 11 is 0. The van der Waals surface area contributed by atoms with E-state index in [1.165, 1.54) is 14.2 Å². The van der Waals surface area contributed by atoms with E-state index >= 15 is 0 Å². The van der Waals surface area contributed by atoms with Crippen molar-refractivity contribution >= 4 is 17.8 Å². The van der Waals surface area contributed by atoms with Crippen LogP contribution in [0.1, 0.15) is 5.76 Å². The van der Waals surface area contributed by atoms with Crippen LogP contribution in [0.5, 0.6) is 0 Å². The molecule has 1 aromatic heterocycles. The molecule has 0 saturated carbocycles. The fourth-order valence-electron chi connectivity index (χ4n) is 0.996. The number of hydrogen-bond acceptors (Lipinski definition) is 7. The highest BCUT2D eigenvalue weighted by Gasteiger charge is 2.14. The normalized spacial score (nSPS) is 10.9. The summed E-state index contributed by atoms with van der Waals surface area (Å²) in [5.74, 6) is -0.535. The Hall–Kier alpha value is -2.31. The van der Waals surface area contributed by atoms with Gasteiger partial charge in [0, 0.05) is 6.07 Å². The lowest BCUT2D eigenvalue weighted by atomic mass is 10.3. The Morgan fingerprint density at radius 3 is 2.59 bits per heavy atom. The van der Waals surface area contributed by atoms with Gasteiger partial charge in [-0.25, -0.2) is 9.59 Å². The van der Waals surface area contributed by atoms with E-state index in [4.69, 9.17) is 4.52 Å². The molecule has 0 aliphatic carbocycles. The van der Waals surface area contributed by atoms with Crippen molar-refractivity contribution in [2.24, 2.45) is 0 Å². The highest BCUT2D eigenvalue weighted by molar-refractivity contribution is 5.98. The maximum Gasteiger partial charge on any atom is 0.354 e. The number of carbonyl (C=O) groups is 2. The predicted octanol–water partition coefficient (Wildman–Crippen LogP) is 0.625. The predicted molar refractivity (Wildman–Crippen MR) is 57.0 cm³/mol. The van der Waals surface area contributed by atoms with Gasteiger partial charge >= 0.3 is 11.9 Å². The smallest absolute Gasteiger partial charge is 0.354 e. The zero-order valence-electron chi connectivity index (χ0n) is 9.64. The number of hydrogen-bond donors (Lipinski definition) is 1. The van der Waals surface area contributed by atoms with Crippen molar-refractivity contribution in [1.29, 1.82) is 0 Å². The monoisotopic (exact) mass is 240 g/mol. The van der Waals surface area contributed by atoms with Crippen LogP contribution in [-0.4, -0.2) is 31.3 Å². The van der Waals surface area contributed by atoms with Crippen LogP contribution in [0.25, 0.3) is 0 Å². The van der Waals surface area contributed by atoms with Crippen molar-refractivity contribution in [3.05, 3.63) is 23.6 Å². The molecule has 0 atom stereocenters. The molecule has 0 aromatic carbocycles. The first-order valence-corrected chi connectivity index (χ1v) is 4.65. The Balaban J connectivity index is 2.88. The summed E-state index contributed by atoms with van der Waals surface area (Å²) in [5.41, 5.74) is -0.0901. The molecule has 7 heteroatoms. The Morgan fingerprint density at radius 2 is 2.12 bits per heavy atom. The van der Waals surface area contributed by atoms with E-state index in [9.17, 15) is 9.59 Å². The molecule has 0 saturated heterocycles. The molecule has 0 amide bonds. The number of ether oxygens (including phenoxy) is 2. The first-order chi connectivity index (χ1) is 8.06. The van der Waals surface area contributed by atoms with Crippen LogP contribution < -0.4 is 5.32 Å². The van der Waals surface area contributed by atoms with Crippen molar-refractivity contribution in [2.75, 3.05) is 19.5 Å². The fraction of sp³-hybridized carbons (Fsp3) is 0.300. The molecular formula is C10H12N2O5. The van der Waals surface area contributed by atoms with Gasteiger partial charge in [0.1, 0.15) is 11.5 Å². The number of anilines is 1. The lowest BCUT2D eigenvalue weighted by Crippen LogP contribution is -2.15. The first kappa shape index (κ1) is 12.8. The van der Waals surface area contributed by atoms with Crippen LogP contribution in [0.4, 0.5) is 5.82 Å². The molecule has 1 aromatic rings. The van der Waals surface area contributed by atoms with E-state index in [1.54, 1.807) is 13.0 Å². The average Bonchev–Trinajstić information content (AvgIpc) is 2.72. The Morgan fingerprint density at radius 1 is 1.41 bits per heavy atom. The number of aryl methyl sites for hydroxylation is 1. The van der Waals surface area contributed by atoms with Gasteiger partial charge in [-0.3, -0.25) is 0 Å². The largest absolute Gasteiger partial charge is 0.466 e. The SMILES string of the molecule is COC(=O)/C=C(\Nc1cc(C)on1)C(=O)OC. The van der Waals surface area contributed by atoms with E-state index in [2.05, 4.69) is 19.9 Å². The lowest BCUT2D eigenvalue weighted by Gasteiger charge is -2.05. The van der Waals surface area contributed by atoms with Crippen molar-refractivity contribution in [3.8, 4) is 0 Å². The van der Waals surface area contributed by atoms with Gasteiger partial charge in [0.15, 0.2) is 5.82 Å². The quantitative estimate of drug-likeness (QED) is 0.609. The number of nitrogens with one attached hydrogen (secondary N) is 1. The van der Waals surface area contributed by atoms with Crippen LogP contribution in [-0.2, 0) is 19.1 Å². The van der Waals surface area contributed by atoms with E-state index in [-0.39, 0.29) is 5.70 Å².